The number of unbranched alkanes of at least 4 members (excludes halogenated alkanes) is 1. The lowest BCUT2D eigenvalue weighted by Gasteiger charge is -2.11. The number of guanidine groups is 1. The third kappa shape index (κ3) is 7.88. The number of nitrogens with one attached hydrogen (secondary N) is 2. The van der Waals surface area contributed by atoms with Crippen LogP contribution in [0.5, 0.6) is 5.75 Å². The molecular formula is C17H29N3O2. The number of nitrogens with zero attached hydrogens (tertiary/aromatic N) is 1. The van der Waals surface area contributed by atoms with Crippen molar-refractivity contribution in [1.82, 2.24) is 10.6 Å². The minimum atomic E-state index is 0.614. The van der Waals surface area contributed by atoms with Crippen molar-refractivity contribution in [2.45, 2.75) is 33.2 Å². The Morgan fingerprint density at radius 1 is 1.18 bits per heavy atom. The molecule has 0 saturated carbocycles. The summed E-state index contributed by atoms with van der Waals surface area (Å²) < 4.78 is 10.8. The molecule has 5 heteroatoms. The molecule has 1 aromatic rings. The number of ether oxygens (including phenoxy) is 2. The fourth-order valence-electron chi connectivity index (χ4n) is 1.87. The van der Waals surface area contributed by atoms with E-state index in [-0.39, 0.29) is 0 Å². The highest BCUT2D eigenvalue weighted by atomic mass is 16.5. The van der Waals surface area contributed by atoms with Crippen LogP contribution in [0.4, 0.5) is 0 Å². The van der Waals surface area contributed by atoms with Crippen LogP contribution in [-0.2, 0) is 11.3 Å². The van der Waals surface area contributed by atoms with Gasteiger partial charge in [0.1, 0.15) is 5.75 Å². The van der Waals surface area contributed by atoms with Crippen molar-refractivity contribution < 1.29 is 9.47 Å². The first kappa shape index (κ1) is 18.3. The molecule has 1 aromatic carbocycles. The number of hydrogen-bond acceptors (Lipinski definition) is 3. The molecule has 0 aliphatic carbocycles. The summed E-state index contributed by atoms with van der Waals surface area (Å²) in [5.41, 5.74) is 1.12. The number of rotatable bonds is 10. The molecule has 0 saturated heterocycles. The topological polar surface area (TPSA) is 54.9 Å². The zero-order valence-electron chi connectivity index (χ0n) is 14.0. The van der Waals surface area contributed by atoms with Gasteiger partial charge < -0.3 is 20.1 Å². The molecule has 0 aromatic heterocycles. The molecule has 0 amide bonds. The zero-order chi connectivity index (χ0) is 16.0. The van der Waals surface area contributed by atoms with Gasteiger partial charge in [0.15, 0.2) is 5.96 Å². The maximum atomic E-state index is 5.53. The van der Waals surface area contributed by atoms with Gasteiger partial charge in [-0.3, -0.25) is 0 Å². The number of hydrogen-bond donors (Lipinski definition) is 2. The van der Waals surface area contributed by atoms with Crippen LogP contribution in [0.25, 0.3) is 0 Å². The molecule has 0 spiro atoms. The van der Waals surface area contributed by atoms with Crippen LogP contribution in [0.3, 0.4) is 0 Å². The summed E-state index contributed by atoms with van der Waals surface area (Å²) in [6.45, 7) is 7.95. The largest absolute Gasteiger partial charge is 0.497 e. The lowest BCUT2D eigenvalue weighted by molar-refractivity contribution is 0.136. The minimum absolute atomic E-state index is 0.614. The van der Waals surface area contributed by atoms with Gasteiger partial charge in [-0.05, 0) is 31.0 Å². The van der Waals surface area contributed by atoms with Crippen LogP contribution in [0.15, 0.2) is 29.3 Å². The molecule has 0 unspecified atom stereocenters. The predicted molar refractivity (Wildman–Crippen MR) is 91.5 cm³/mol. The summed E-state index contributed by atoms with van der Waals surface area (Å²) in [6, 6.07) is 7.96. The Labute approximate surface area is 134 Å². The van der Waals surface area contributed by atoms with Crippen molar-refractivity contribution >= 4 is 5.96 Å². The second-order valence-electron chi connectivity index (χ2n) is 4.94. The van der Waals surface area contributed by atoms with Gasteiger partial charge in [0.05, 0.1) is 20.3 Å². The summed E-state index contributed by atoms with van der Waals surface area (Å²) >= 11 is 0. The van der Waals surface area contributed by atoms with Crippen LogP contribution in [0.1, 0.15) is 32.3 Å². The van der Waals surface area contributed by atoms with E-state index >= 15 is 0 Å². The van der Waals surface area contributed by atoms with E-state index in [1.165, 1.54) is 0 Å². The maximum absolute atomic E-state index is 5.53. The van der Waals surface area contributed by atoms with Gasteiger partial charge in [-0.15, -0.1) is 0 Å². The van der Waals surface area contributed by atoms with Crippen molar-refractivity contribution in [2.75, 3.05) is 33.4 Å². The smallest absolute Gasteiger partial charge is 0.191 e. The van der Waals surface area contributed by atoms with Crippen LogP contribution in [0.2, 0.25) is 0 Å². The quantitative estimate of drug-likeness (QED) is 0.396. The first-order chi connectivity index (χ1) is 10.8. The lowest BCUT2D eigenvalue weighted by atomic mass is 10.2. The van der Waals surface area contributed by atoms with Gasteiger partial charge in [-0.25, -0.2) is 4.99 Å². The summed E-state index contributed by atoms with van der Waals surface area (Å²) in [5, 5.41) is 6.51. The van der Waals surface area contributed by atoms with Crippen molar-refractivity contribution in [3.63, 3.8) is 0 Å². The van der Waals surface area contributed by atoms with E-state index in [1.807, 2.05) is 24.3 Å². The highest BCUT2D eigenvalue weighted by molar-refractivity contribution is 5.79. The Hall–Kier alpha value is -1.75. The second-order valence-corrected chi connectivity index (χ2v) is 4.94. The van der Waals surface area contributed by atoms with E-state index in [0.29, 0.717) is 13.2 Å². The molecule has 2 N–H and O–H groups in total. The SMILES string of the molecule is CCCCOCCNC(=NCc1cccc(OC)c1)NCC. The molecule has 0 heterocycles. The number of methoxy groups -OCH3 is 1. The lowest BCUT2D eigenvalue weighted by Crippen LogP contribution is -2.39. The van der Waals surface area contributed by atoms with E-state index in [2.05, 4.69) is 29.5 Å². The Balaban J connectivity index is 2.40. The van der Waals surface area contributed by atoms with Gasteiger partial charge in [-0.1, -0.05) is 25.5 Å². The van der Waals surface area contributed by atoms with Gasteiger partial charge in [0.25, 0.3) is 0 Å². The summed E-state index contributed by atoms with van der Waals surface area (Å²) in [4.78, 5) is 4.58. The molecule has 0 atom stereocenters. The number of aliphatic imine (C=N–C) groups is 1. The van der Waals surface area contributed by atoms with Crippen molar-refractivity contribution in [3.05, 3.63) is 29.8 Å². The fourth-order valence-corrected chi connectivity index (χ4v) is 1.87. The molecule has 0 aliphatic heterocycles. The summed E-state index contributed by atoms with van der Waals surface area (Å²) in [5.74, 6) is 1.67. The summed E-state index contributed by atoms with van der Waals surface area (Å²) in [6.07, 6.45) is 2.28. The van der Waals surface area contributed by atoms with E-state index in [9.17, 15) is 0 Å². The Morgan fingerprint density at radius 2 is 2.05 bits per heavy atom. The van der Waals surface area contributed by atoms with Gasteiger partial charge in [0.2, 0.25) is 0 Å². The van der Waals surface area contributed by atoms with Gasteiger partial charge in [0, 0.05) is 19.7 Å². The monoisotopic (exact) mass is 307 g/mol. The standard InChI is InChI=1S/C17H29N3O2/c1-4-6-11-22-12-10-19-17(18-5-2)20-14-15-8-7-9-16(13-15)21-3/h7-9,13H,4-6,10-12,14H2,1-3H3,(H2,18,19,20). The van der Waals surface area contributed by atoms with Crippen LogP contribution < -0.4 is 15.4 Å². The van der Waals surface area contributed by atoms with E-state index in [4.69, 9.17) is 9.47 Å². The normalized spacial score (nSPS) is 11.3. The first-order valence-corrected chi connectivity index (χ1v) is 8.03. The van der Waals surface area contributed by atoms with E-state index in [1.54, 1.807) is 7.11 Å². The van der Waals surface area contributed by atoms with Gasteiger partial charge in [-0.2, -0.15) is 0 Å². The van der Waals surface area contributed by atoms with E-state index in [0.717, 1.165) is 49.8 Å². The molecule has 5 nitrogen and oxygen atoms in total. The Kier molecular flexibility index (Phi) is 9.87. The van der Waals surface area contributed by atoms with E-state index < -0.39 is 0 Å². The Bertz CT molecular complexity index is 436. The molecule has 0 fully saturated rings. The van der Waals surface area contributed by atoms with Crippen LogP contribution in [-0.4, -0.2) is 39.4 Å². The average Bonchev–Trinajstić information content (AvgIpc) is 2.56. The minimum Gasteiger partial charge on any atom is -0.497 e. The zero-order valence-corrected chi connectivity index (χ0v) is 14.0. The van der Waals surface area contributed by atoms with Crippen molar-refractivity contribution in [1.29, 1.82) is 0 Å². The number of benzene rings is 1. The molecule has 0 aliphatic rings. The second kappa shape index (κ2) is 11.9. The highest BCUT2D eigenvalue weighted by Gasteiger charge is 1.99. The van der Waals surface area contributed by atoms with Crippen molar-refractivity contribution in [3.8, 4) is 5.75 Å². The third-order valence-corrected chi connectivity index (χ3v) is 3.08. The first-order valence-electron chi connectivity index (χ1n) is 8.03. The molecule has 1 rings (SSSR count). The predicted octanol–water partition coefficient (Wildman–Crippen LogP) is 2.57. The van der Waals surface area contributed by atoms with Crippen molar-refractivity contribution in [2.24, 2.45) is 4.99 Å². The molecule has 22 heavy (non-hydrogen) atoms. The molecule has 0 bridgehead atoms. The molecular weight excluding hydrogens is 278 g/mol. The maximum Gasteiger partial charge on any atom is 0.191 e. The van der Waals surface area contributed by atoms with Crippen LogP contribution >= 0.6 is 0 Å². The molecule has 0 radical (unpaired) electrons. The highest BCUT2D eigenvalue weighted by Crippen LogP contribution is 2.12. The van der Waals surface area contributed by atoms with Gasteiger partial charge >= 0.3 is 0 Å². The average molecular weight is 307 g/mol. The Morgan fingerprint density at radius 3 is 2.77 bits per heavy atom. The molecule has 124 valence electrons. The fraction of sp³-hybridized carbons (Fsp3) is 0.588. The third-order valence-electron chi connectivity index (χ3n) is 3.08. The van der Waals surface area contributed by atoms with Crippen LogP contribution in [0, 0.1) is 0 Å². The summed E-state index contributed by atoms with van der Waals surface area (Å²) in [7, 11) is 1.67.